The zero-order valence-corrected chi connectivity index (χ0v) is 14.9. The van der Waals surface area contributed by atoms with E-state index in [2.05, 4.69) is 15.6 Å². The number of oxime groups is 1. The summed E-state index contributed by atoms with van der Waals surface area (Å²) in [5.41, 5.74) is 14.1. The number of nitrogen functional groups attached to an aromatic ring is 1. The maximum atomic E-state index is 12.0. The molecule has 2 atom stereocenters. The van der Waals surface area contributed by atoms with E-state index < -0.39 is 0 Å². The predicted molar refractivity (Wildman–Crippen MR) is 101 cm³/mol. The highest BCUT2D eigenvalue weighted by molar-refractivity contribution is 6.05. The van der Waals surface area contributed by atoms with Gasteiger partial charge in [-0.05, 0) is 24.8 Å². The summed E-state index contributed by atoms with van der Waals surface area (Å²) in [5, 5.41) is 28.7. The second-order valence-corrected chi connectivity index (χ2v) is 6.89. The summed E-state index contributed by atoms with van der Waals surface area (Å²) in [7, 11) is 0. The molecule has 2 aromatic heterocycles. The monoisotopic (exact) mass is 369 g/mol. The van der Waals surface area contributed by atoms with Gasteiger partial charge in [0.1, 0.15) is 5.78 Å². The lowest BCUT2D eigenvalue weighted by molar-refractivity contribution is -0.119. The number of anilines is 2. The molecule has 0 aromatic carbocycles. The number of amidine groups is 1. The van der Waals surface area contributed by atoms with E-state index in [1.807, 2.05) is 6.07 Å². The van der Waals surface area contributed by atoms with Crippen molar-refractivity contribution in [2.45, 2.75) is 44.6 Å². The second kappa shape index (κ2) is 7.95. The Morgan fingerprint density at radius 3 is 3.00 bits per heavy atom. The summed E-state index contributed by atoms with van der Waals surface area (Å²) in [6, 6.07) is 3.73. The van der Waals surface area contributed by atoms with E-state index in [0.717, 1.165) is 25.7 Å². The van der Waals surface area contributed by atoms with Crippen LogP contribution in [0.1, 0.15) is 44.1 Å². The molecule has 1 saturated carbocycles. The molecule has 1 aliphatic rings. The van der Waals surface area contributed by atoms with Crippen molar-refractivity contribution in [2.24, 2.45) is 16.8 Å². The van der Waals surface area contributed by atoms with Gasteiger partial charge in [0.25, 0.3) is 0 Å². The van der Waals surface area contributed by atoms with Gasteiger partial charge in [0, 0.05) is 12.5 Å². The molecule has 27 heavy (non-hydrogen) atoms. The van der Waals surface area contributed by atoms with Crippen molar-refractivity contribution < 1.29 is 10.0 Å². The number of fused-ring (bicyclic) bond motifs is 1. The quantitative estimate of drug-likeness (QED) is 0.262. The number of nitriles is 1. The Bertz CT molecular complexity index is 912. The SMILES string of the molecule is N#CCC(=O)C[C@@H]1CCCC[C@H]1Nc1c(C(N)=NO)cnn2cc(N)cc12. The summed E-state index contributed by atoms with van der Waals surface area (Å²) in [5.74, 6) is 0.0279. The molecule has 142 valence electrons. The molecule has 0 spiro atoms. The number of carbonyl (C=O) groups is 1. The molecule has 0 amide bonds. The van der Waals surface area contributed by atoms with Crippen LogP contribution in [-0.2, 0) is 4.79 Å². The molecule has 1 fully saturated rings. The van der Waals surface area contributed by atoms with Gasteiger partial charge in [-0.1, -0.05) is 18.0 Å². The van der Waals surface area contributed by atoms with Gasteiger partial charge in [0.15, 0.2) is 5.84 Å². The molecule has 0 saturated heterocycles. The van der Waals surface area contributed by atoms with Crippen LogP contribution < -0.4 is 16.8 Å². The van der Waals surface area contributed by atoms with Gasteiger partial charge < -0.3 is 22.0 Å². The standard InChI is InChI=1S/C18H23N7O2/c19-6-5-13(26)7-11-3-1-2-4-15(11)23-17-14(18(21)24-27)9-22-25-10-12(20)8-16(17)25/h8-11,15,23,27H,1-5,7,20H2,(H2,21,24)/t11-,15+/m0/s1. The first kappa shape index (κ1) is 18.5. The molecular weight excluding hydrogens is 346 g/mol. The third-order valence-electron chi connectivity index (χ3n) is 5.05. The summed E-state index contributed by atoms with van der Waals surface area (Å²) in [6.45, 7) is 0. The number of ketones is 1. The lowest BCUT2D eigenvalue weighted by atomic mass is 9.81. The zero-order valence-electron chi connectivity index (χ0n) is 14.9. The van der Waals surface area contributed by atoms with Crippen LogP contribution >= 0.6 is 0 Å². The van der Waals surface area contributed by atoms with E-state index in [9.17, 15) is 4.79 Å². The lowest BCUT2D eigenvalue weighted by Crippen LogP contribution is -2.34. The molecule has 0 radical (unpaired) electrons. The minimum atomic E-state index is -0.0622. The molecule has 0 aliphatic heterocycles. The topological polar surface area (TPSA) is 155 Å². The first-order valence-electron chi connectivity index (χ1n) is 8.93. The van der Waals surface area contributed by atoms with E-state index >= 15 is 0 Å². The van der Waals surface area contributed by atoms with Crippen molar-refractivity contribution in [3.05, 3.63) is 24.0 Å². The number of nitrogens with two attached hydrogens (primary N) is 2. The average molecular weight is 369 g/mol. The molecule has 1 aliphatic carbocycles. The molecule has 6 N–H and O–H groups in total. The minimum Gasteiger partial charge on any atom is -0.409 e. The summed E-state index contributed by atoms with van der Waals surface area (Å²) in [4.78, 5) is 12.0. The van der Waals surface area contributed by atoms with Gasteiger partial charge in [-0.25, -0.2) is 4.52 Å². The number of hydrogen-bond donors (Lipinski definition) is 4. The van der Waals surface area contributed by atoms with Gasteiger partial charge in [-0.3, -0.25) is 4.79 Å². The van der Waals surface area contributed by atoms with E-state index in [1.54, 1.807) is 16.8 Å². The highest BCUT2D eigenvalue weighted by atomic mass is 16.4. The van der Waals surface area contributed by atoms with Crippen molar-refractivity contribution in [3.8, 4) is 6.07 Å². The Balaban J connectivity index is 1.95. The Hall–Kier alpha value is -3.28. The first-order chi connectivity index (χ1) is 13.0. The Morgan fingerprint density at radius 1 is 1.48 bits per heavy atom. The third kappa shape index (κ3) is 3.95. The number of hydrogen-bond acceptors (Lipinski definition) is 7. The third-order valence-corrected chi connectivity index (χ3v) is 5.05. The van der Waals surface area contributed by atoms with Crippen LogP contribution in [0.5, 0.6) is 0 Å². The van der Waals surface area contributed by atoms with Crippen molar-refractivity contribution >= 4 is 28.5 Å². The molecule has 9 heteroatoms. The molecule has 2 aromatic rings. The molecular formula is C18H23N7O2. The number of rotatable bonds is 6. The van der Waals surface area contributed by atoms with E-state index in [-0.39, 0.29) is 30.0 Å². The fraction of sp³-hybridized carbons (Fsp3) is 0.444. The van der Waals surface area contributed by atoms with Gasteiger partial charge >= 0.3 is 0 Å². The van der Waals surface area contributed by atoms with Crippen LogP contribution in [-0.4, -0.2) is 32.5 Å². The number of aromatic nitrogens is 2. The highest BCUT2D eigenvalue weighted by Gasteiger charge is 2.28. The van der Waals surface area contributed by atoms with Crippen molar-refractivity contribution in [1.29, 1.82) is 5.26 Å². The average Bonchev–Trinajstić information content (AvgIpc) is 3.04. The Morgan fingerprint density at radius 2 is 2.26 bits per heavy atom. The number of Topliss-reactive ketones (excluding diaryl/α,β-unsaturated/α-hetero) is 1. The Kier molecular flexibility index (Phi) is 5.45. The molecule has 0 bridgehead atoms. The van der Waals surface area contributed by atoms with Crippen molar-refractivity contribution in [1.82, 2.24) is 9.61 Å². The van der Waals surface area contributed by atoms with E-state index in [4.69, 9.17) is 21.9 Å². The van der Waals surface area contributed by atoms with Crippen LogP contribution in [0.15, 0.2) is 23.6 Å². The summed E-state index contributed by atoms with van der Waals surface area (Å²) < 4.78 is 1.63. The number of nitrogens with zero attached hydrogens (tertiary/aromatic N) is 4. The molecule has 9 nitrogen and oxygen atoms in total. The molecule has 3 rings (SSSR count). The second-order valence-electron chi connectivity index (χ2n) is 6.89. The largest absolute Gasteiger partial charge is 0.409 e. The van der Waals surface area contributed by atoms with Crippen LogP contribution in [0.3, 0.4) is 0 Å². The highest BCUT2D eigenvalue weighted by Crippen LogP contribution is 2.33. The zero-order chi connectivity index (χ0) is 19.4. The minimum absolute atomic E-state index is 0.0361. The first-order valence-corrected chi connectivity index (χ1v) is 8.93. The summed E-state index contributed by atoms with van der Waals surface area (Å²) in [6.07, 6.45) is 7.42. The molecule has 2 heterocycles. The van der Waals surface area contributed by atoms with Crippen LogP contribution in [0, 0.1) is 17.2 Å². The molecule has 0 unspecified atom stereocenters. The Labute approximate surface area is 156 Å². The summed E-state index contributed by atoms with van der Waals surface area (Å²) >= 11 is 0. The normalized spacial score (nSPS) is 20.3. The number of nitrogens with one attached hydrogen (secondary N) is 1. The van der Waals surface area contributed by atoms with Crippen LogP contribution in [0.25, 0.3) is 5.52 Å². The van der Waals surface area contributed by atoms with Gasteiger partial charge in [-0.15, -0.1) is 0 Å². The van der Waals surface area contributed by atoms with E-state index in [0.29, 0.717) is 28.9 Å². The van der Waals surface area contributed by atoms with Crippen LogP contribution in [0.2, 0.25) is 0 Å². The van der Waals surface area contributed by atoms with Crippen molar-refractivity contribution in [2.75, 3.05) is 11.1 Å². The fourth-order valence-corrected chi connectivity index (χ4v) is 3.76. The van der Waals surface area contributed by atoms with Gasteiger partial charge in [0.05, 0.1) is 47.3 Å². The predicted octanol–water partition coefficient (Wildman–Crippen LogP) is 1.85. The number of carbonyl (C=O) groups excluding carboxylic acids is 1. The fourth-order valence-electron chi connectivity index (χ4n) is 3.76. The van der Waals surface area contributed by atoms with Crippen LogP contribution in [0.4, 0.5) is 11.4 Å². The van der Waals surface area contributed by atoms with Gasteiger partial charge in [-0.2, -0.15) is 10.4 Å². The maximum Gasteiger partial charge on any atom is 0.173 e. The van der Waals surface area contributed by atoms with E-state index in [1.165, 1.54) is 6.20 Å². The maximum absolute atomic E-state index is 12.0. The van der Waals surface area contributed by atoms with Crippen molar-refractivity contribution in [3.63, 3.8) is 0 Å². The van der Waals surface area contributed by atoms with Gasteiger partial charge in [0.2, 0.25) is 0 Å². The smallest absolute Gasteiger partial charge is 0.173 e. The lowest BCUT2D eigenvalue weighted by Gasteiger charge is -2.33.